The van der Waals surface area contributed by atoms with Gasteiger partial charge >= 0.3 is 0 Å². The fourth-order valence-corrected chi connectivity index (χ4v) is 4.36. The first-order chi connectivity index (χ1) is 14.5. The van der Waals surface area contributed by atoms with Gasteiger partial charge in [0.25, 0.3) is 0 Å². The Morgan fingerprint density at radius 3 is 2.63 bits per heavy atom. The van der Waals surface area contributed by atoms with Crippen molar-refractivity contribution in [3.05, 3.63) is 47.7 Å². The van der Waals surface area contributed by atoms with Crippen molar-refractivity contribution >= 4 is 16.6 Å². The summed E-state index contributed by atoms with van der Waals surface area (Å²) < 4.78 is 31.1. The Balaban J connectivity index is 1.49. The molecule has 1 aliphatic heterocycles. The van der Waals surface area contributed by atoms with Gasteiger partial charge in [-0.15, -0.1) is 0 Å². The maximum Gasteiger partial charge on any atom is 0.156 e. The van der Waals surface area contributed by atoms with Gasteiger partial charge in [-0.3, -0.25) is 4.68 Å². The van der Waals surface area contributed by atoms with Crippen LogP contribution in [0, 0.1) is 19.7 Å². The number of benzene rings is 1. The minimum Gasteiger partial charge on any atom is -0.301 e. The minimum absolute atomic E-state index is 0.210. The fourth-order valence-electron chi connectivity index (χ4n) is 4.36. The molecule has 0 N–H and O–H groups in total. The van der Waals surface area contributed by atoms with Crippen molar-refractivity contribution in [3.63, 3.8) is 0 Å². The smallest absolute Gasteiger partial charge is 0.156 e. The van der Waals surface area contributed by atoms with Crippen LogP contribution in [0.2, 0.25) is 0 Å². The van der Waals surface area contributed by atoms with Crippen molar-refractivity contribution < 1.29 is 8.78 Å². The number of imidazole rings is 1. The summed E-state index contributed by atoms with van der Waals surface area (Å²) in [7, 11) is 0. The van der Waals surface area contributed by atoms with Crippen LogP contribution in [0.5, 0.6) is 0 Å². The summed E-state index contributed by atoms with van der Waals surface area (Å²) in [5.41, 5.74) is 4.48. The summed E-state index contributed by atoms with van der Waals surface area (Å²) >= 11 is 0. The first-order valence-electron chi connectivity index (χ1n) is 10.3. The van der Waals surface area contributed by atoms with Gasteiger partial charge in [0, 0.05) is 36.8 Å². The fraction of sp³-hybridized carbons (Fsp3) is 0.409. The average Bonchev–Trinajstić information content (AvgIpc) is 3.32. The number of aryl methyl sites for hydroxylation is 2. The molecule has 156 valence electrons. The van der Waals surface area contributed by atoms with E-state index in [9.17, 15) is 8.78 Å². The van der Waals surface area contributed by atoms with Crippen molar-refractivity contribution in [2.75, 3.05) is 26.3 Å². The molecule has 0 aliphatic carbocycles. The minimum atomic E-state index is -0.350. The number of halogens is 2. The molecular formula is C22H24F2N6. The Labute approximate surface area is 173 Å². The molecule has 1 fully saturated rings. The van der Waals surface area contributed by atoms with Crippen LogP contribution in [0.4, 0.5) is 8.78 Å². The maximum absolute atomic E-state index is 14.9. The van der Waals surface area contributed by atoms with Crippen LogP contribution in [-0.4, -0.2) is 55.6 Å². The van der Waals surface area contributed by atoms with E-state index in [-0.39, 0.29) is 18.5 Å². The lowest BCUT2D eigenvalue weighted by Crippen LogP contribution is -2.36. The molecule has 1 aliphatic rings. The van der Waals surface area contributed by atoms with E-state index in [1.165, 1.54) is 6.07 Å². The molecule has 6 nitrogen and oxygen atoms in total. The van der Waals surface area contributed by atoms with Crippen molar-refractivity contribution in [1.29, 1.82) is 0 Å². The van der Waals surface area contributed by atoms with Crippen LogP contribution < -0.4 is 0 Å². The van der Waals surface area contributed by atoms with Crippen LogP contribution in [0.15, 0.2) is 30.6 Å². The predicted molar refractivity (Wildman–Crippen MR) is 112 cm³/mol. The molecule has 4 heterocycles. The number of rotatable bonds is 4. The second-order valence-corrected chi connectivity index (χ2v) is 8.13. The molecule has 0 saturated carbocycles. The number of aromatic nitrogens is 5. The highest BCUT2D eigenvalue weighted by molar-refractivity contribution is 5.84. The number of hydrogen-bond donors (Lipinski definition) is 0. The van der Waals surface area contributed by atoms with Gasteiger partial charge in [0.15, 0.2) is 11.5 Å². The number of fused-ring (bicyclic) bond motifs is 2. The van der Waals surface area contributed by atoms with E-state index in [4.69, 9.17) is 0 Å². The number of piperidine rings is 1. The van der Waals surface area contributed by atoms with Gasteiger partial charge in [0.2, 0.25) is 0 Å². The molecule has 4 aromatic rings. The van der Waals surface area contributed by atoms with Gasteiger partial charge in [-0.2, -0.15) is 10.2 Å². The van der Waals surface area contributed by atoms with Crippen molar-refractivity contribution in [2.45, 2.75) is 32.7 Å². The predicted octanol–water partition coefficient (Wildman–Crippen LogP) is 4.11. The van der Waals surface area contributed by atoms with E-state index in [0.29, 0.717) is 23.3 Å². The van der Waals surface area contributed by atoms with E-state index < -0.39 is 0 Å². The third kappa shape index (κ3) is 3.35. The zero-order valence-corrected chi connectivity index (χ0v) is 17.1. The van der Waals surface area contributed by atoms with Crippen LogP contribution in [0.25, 0.3) is 27.8 Å². The monoisotopic (exact) mass is 410 g/mol. The van der Waals surface area contributed by atoms with Crippen molar-refractivity contribution in [1.82, 2.24) is 29.3 Å². The van der Waals surface area contributed by atoms with E-state index in [1.54, 1.807) is 4.52 Å². The molecule has 0 amide bonds. The molecule has 3 aromatic heterocycles. The van der Waals surface area contributed by atoms with Gasteiger partial charge < -0.3 is 4.90 Å². The summed E-state index contributed by atoms with van der Waals surface area (Å²) in [4.78, 5) is 6.60. The number of alkyl halides is 1. The maximum atomic E-state index is 14.9. The SMILES string of the molecule is Cc1cn2nc(-c3cc(F)c4nn(C5CCN(CCF)CC5)cc4c3)cc(C)c2n1. The second-order valence-electron chi connectivity index (χ2n) is 8.13. The zero-order valence-electron chi connectivity index (χ0n) is 17.1. The number of nitrogens with zero attached hydrogens (tertiary/aromatic N) is 6. The molecule has 0 atom stereocenters. The first kappa shape index (κ1) is 19.1. The molecule has 1 aromatic carbocycles. The lowest BCUT2D eigenvalue weighted by molar-refractivity contribution is 0.169. The molecular weight excluding hydrogens is 386 g/mol. The van der Waals surface area contributed by atoms with Gasteiger partial charge in [-0.25, -0.2) is 18.3 Å². The quantitative estimate of drug-likeness (QED) is 0.508. The highest BCUT2D eigenvalue weighted by Crippen LogP contribution is 2.29. The standard InChI is InChI=1S/C22H24F2N6/c1-14-9-20(26-30-12-15(2)25-22(14)30)16-10-17-13-29(27-21(17)19(24)11-16)18-3-6-28(7-4-18)8-5-23/h9-13,18H,3-8H2,1-2H3. The lowest BCUT2D eigenvalue weighted by atomic mass is 10.1. The van der Waals surface area contributed by atoms with Crippen LogP contribution in [0.3, 0.4) is 0 Å². The highest BCUT2D eigenvalue weighted by Gasteiger charge is 2.22. The average molecular weight is 410 g/mol. The Hall–Kier alpha value is -2.87. The number of likely N-dealkylation sites (tertiary alicyclic amines) is 1. The first-order valence-corrected chi connectivity index (χ1v) is 10.3. The molecule has 0 radical (unpaired) electrons. The van der Waals surface area contributed by atoms with Crippen molar-refractivity contribution in [2.24, 2.45) is 0 Å². The summed E-state index contributed by atoms with van der Waals surface area (Å²) in [5, 5.41) is 9.91. The summed E-state index contributed by atoms with van der Waals surface area (Å²) in [6.07, 6.45) is 5.57. The zero-order chi connectivity index (χ0) is 20.8. The Morgan fingerprint density at radius 1 is 1.07 bits per heavy atom. The number of hydrogen-bond acceptors (Lipinski definition) is 4. The lowest BCUT2D eigenvalue weighted by Gasteiger charge is -2.31. The molecule has 0 unspecified atom stereocenters. The molecule has 0 spiro atoms. The van der Waals surface area contributed by atoms with E-state index in [0.717, 1.165) is 48.2 Å². The van der Waals surface area contributed by atoms with Gasteiger partial charge in [-0.05, 0) is 50.5 Å². The summed E-state index contributed by atoms with van der Waals surface area (Å²) in [5.74, 6) is -0.350. The topological polar surface area (TPSA) is 51.3 Å². The van der Waals surface area contributed by atoms with Crippen LogP contribution >= 0.6 is 0 Å². The second kappa shape index (κ2) is 7.43. The van der Waals surface area contributed by atoms with E-state index in [1.807, 2.05) is 43.1 Å². The Bertz CT molecular complexity index is 1220. The van der Waals surface area contributed by atoms with E-state index in [2.05, 4.69) is 20.1 Å². The van der Waals surface area contributed by atoms with Gasteiger partial charge in [0.1, 0.15) is 12.2 Å². The highest BCUT2D eigenvalue weighted by atomic mass is 19.1. The van der Waals surface area contributed by atoms with Crippen LogP contribution in [-0.2, 0) is 0 Å². The molecule has 8 heteroatoms. The summed E-state index contributed by atoms with van der Waals surface area (Å²) in [6, 6.07) is 5.59. The van der Waals surface area contributed by atoms with E-state index >= 15 is 0 Å². The normalized spacial score (nSPS) is 16.1. The summed E-state index contributed by atoms with van der Waals surface area (Å²) in [6.45, 7) is 5.75. The Morgan fingerprint density at radius 2 is 1.87 bits per heavy atom. The van der Waals surface area contributed by atoms with Gasteiger partial charge in [-0.1, -0.05) is 0 Å². The van der Waals surface area contributed by atoms with Crippen molar-refractivity contribution in [3.8, 4) is 11.3 Å². The Kier molecular flexibility index (Phi) is 4.73. The third-order valence-electron chi connectivity index (χ3n) is 5.94. The third-order valence-corrected chi connectivity index (χ3v) is 5.94. The molecule has 5 rings (SSSR count). The van der Waals surface area contributed by atoms with Gasteiger partial charge in [0.05, 0.1) is 23.6 Å². The molecule has 0 bridgehead atoms. The molecule has 30 heavy (non-hydrogen) atoms. The molecule has 1 saturated heterocycles. The largest absolute Gasteiger partial charge is 0.301 e. The van der Waals surface area contributed by atoms with Crippen LogP contribution in [0.1, 0.15) is 30.1 Å².